The SMILES string of the molecule is CN1CCC(C(=O)N2Cc3ccccc3C[C@H]2C(=O)O)(c2ccccc2)CC1. The van der Waals surface area contributed by atoms with Gasteiger partial charge in [-0.1, -0.05) is 54.6 Å². The predicted octanol–water partition coefficient (Wildman–Crippen LogP) is 2.69. The van der Waals surface area contributed by atoms with Gasteiger partial charge in [-0.3, -0.25) is 4.79 Å². The Bertz CT molecular complexity index is 872. The van der Waals surface area contributed by atoms with Crippen molar-refractivity contribution in [2.75, 3.05) is 20.1 Å². The molecular formula is C23H26N2O3. The number of carbonyl (C=O) groups excluding carboxylic acids is 1. The van der Waals surface area contributed by atoms with Crippen molar-refractivity contribution in [3.05, 3.63) is 71.3 Å². The van der Waals surface area contributed by atoms with E-state index in [-0.39, 0.29) is 5.91 Å². The minimum Gasteiger partial charge on any atom is -0.480 e. The van der Waals surface area contributed by atoms with Crippen molar-refractivity contribution in [2.24, 2.45) is 0 Å². The first-order valence-electron chi connectivity index (χ1n) is 9.86. The van der Waals surface area contributed by atoms with Crippen LogP contribution in [0.3, 0.4) is 0 Å². The van der Waals surface area contributed by atoms with Crippen LogP contribution < -0.4 is 0 Å². The number of aliphatic carboxylic acids is 1. The summed E-state index contributed by atoms with van der Waals surface area (Å²) in [5.74, 6) is -0.979. The molecule has 1 amide bonds. The average molecular weight is 378 g/mol. The maximum atomic E-state index is 14.0. The molecule has 1 atom stereocenters. The molecule has 5 nitrogen and oxygen atoms in total. The fourth-order valence-electron chi connectivity index (χ4n) is 4.62. The molecule has 0 spiro atoms. The zero-order valence-corrected chi connectivity index (χ0v) is 16.2. The van der Waals surface area contributed by atoms with Gasteiger partial charge >= 0.3 is 5.97 Å². The molecule has 4 rings (SSSR count). The molecule has 2 heterocycles. The molecule has 28 heavy (non-hydrogen) atoms. The lowest BCUT2D eigenvalue weighted by atomic mass is 9.71. The van der Waals surface area contributed by atoms with Gasteiger partial charge in [0.15, 0.2) is 0 Å². The summed E-state index contributed by atoms with van der Waals surface area (Å²) in [5, 5.41) is 9.88. The van der Waals surface area contributed by atoms with Gasteiger partial charge in [-0.15, -0.1) is 0 Å². The number of amides is 1. The summed E-state index contributed by atoms with van der Waals surface area (Å²) < 4.78 is 0. The third kappa shape index (κ3) is 3.20. The third-order valence-corrected chi connectivity index (χ3v) is 6.37. The molecule has 1 fully saturated rings. The zero-order chi connectivity index (χ0) is 19.7. The lowest BCUT2D eigenvalue weighted by Crippen LogP contribution is -2.57. The number of carbonyl (C=O) groups is 2. The summed E-state index contributed by atoms with van der Waals surface area (Å²) in [6.45, 7) is 2.00. The molecule has 1 N–H and O–H groups in total. The minimum absolute atomic E-state index is 0.0475. The number of carboxylic acids is 1. The van der Waals surface area contributed by atoms with Crippen molar-refractivity contribution in [1.29, 1.82) is 0 Å². The van der Waals surface area contributed by atoms with Crippen LogP contribution in [0.4, 0.5) is 0 Å². The number of fused-ring (bicyclic) bond motifs is 1. The summed E-state index contributed by atoms with van der Waals surface area (Å²) in [4.78, 5) is 29.8. The van der Waals surface area contributed by atoms with Crippen molar-refractivity contribution in [3.8, 4) is 0 Å². The van der Waals surface area contributed by atoms with Gasteiger partial charge in [0.2, 0.25) is 5.91 Å². The highest BCUT2D eigenvalue weighted by Crippen LogP contribution is 2.39. The standard InChI is InChI=1S/C23H26N2O3/c1-24-13-11-23(12-14-24,19-9-3-2-4-10-19)22(28)25-16-18-8-6-5-7-17(18)15-20(25)21(26)27/h2-10,20H,11-16H2,1H3,(H,26,27)/t20-/m0/s1. The molecule has 0 unspecified atom stereocenters. The molecule has 146 valence electrons. The molecule has 5 heteroatoms. The van der Waals surface area contributed by atoms with E-state index in [1.165, 1.54) is 0 Å². The van der Waals surface area contributed by atoms with Gasteiger partial charge in [-0.25, -0.2) is 4.79 Å². The number of carboxylic acid groups (broad SMARTS) is 1. The molecule has 2 aromatic carbocycles. The Labute approximate surface area is 165 Å². The van der Waals surface area contributed by atoms with Crippen LogP contribution in [-0.4, -0.2) is 53.0 Å². The molecular weight excluding hydrogens is 352 g/mol. The fraction of sp³-hybridized carbons (Fsp3) is 0.391. The maximum Gasteiger partial charge on any atom is 0.326 e. The van der Waals surface area contributed by atoms with Crippen LogP contribution in [0, 0.1) is 0 Å². The van der Waals surface area contributed by atoms with E-state index >= 15 is 0 Å². The van der Waals surface area contributed by atoms with Gasteiger partial charge in [-0.2, -0.15) is 0 Å². The number of rotatable bonds is 3. The van der Waals surface area contributed by atoms with Gasteiger partial charge in [0.25, 0.3) is 0 Å². The Balaban J connectivity index is 1.74. The van der Waals surface area contributed by atoms with Crippen molar-refractivity contribution >= 4 is 11.9 Å². The van der Waals surface area contributed by atoms with Gasteiger partial charge in [0.1, 0.15) is 6.04 Å². The van der Waals surface area contributed by atoms with E-state index in [9.17, 15) is 14.7 Å². The van der Waals surface area contributed by atoms with E-state index in [1.807, 2.05) is 54.6 Å². The summed E-state index contributed by atoms with van der Waals surface area (Å²) >= 11 is 0. The van der Waals surface area contributed by atoms with Gasteiger partial charge in [-0.05, 0) is 49.7 Å². The summed E-state index contributed by atoms with van der Waals surface area (Å²) in [6.07, 6.45) is 1.77. The number of hydrogen-bond donors (Lipinski definition) is 1. The second-order valence-corrected chi connectivity index (χ2v) is 8.01. The first kappa shape index (κ1) is 18.7. The highest BCUT2D eigenvalue weighted by atomic mass is 16.4. The molecule has 0 saturated carbocycles. The number of likely N-dealkylation sites (tertiary alicyclic amines) is 1. The van der Waals surface area contributed by atoms with E-state index < -0.39 is 17.4 Å². The summed E-state index contributed by atoms with van der Waals surface area (Å²) in [7, 11) is 2.07. The first-order valence-corrected chi connectivity index (χ1v) is 9.86. The van der Waals surface area contributed by atoms with E-state index in [4.69, 9.17) is 0 Å². The summed E-state index contributed by atoms with van der Waals surface area (Å²) in [5.41, 5.74) is 2.41. The largest absolute Gasteiger partial charge is 0.480 e. The third-order valence-electron chi connectivity index (χ3n) is 6.37. The van der Waals surface area contributed by atoms with Crippen LogP contribution >= 0.6 is 0 Å². The van der Waals surface area contributed by atoms with Crippen LogP contribution in [0.5, 0.6) is 0 Å². The normalized spacial score (nSPS) is 21.8. The molecule has 2 aliphatic heterocycles. The predicted molar refractivity (Wildman–Crippen MR) is 107 cm³/mol. The number of hydrogen-bond acceptors (Lipinski definition) is 3. The van der Waals surface area contributed by atoms with Crippen molar-refractivity contribution in [1.82, 2.24) is 9.80 Å². The molecule has 0 aromatic heterocycles. The second-order valence-electron chi connectivity index (χ2n) is 8.01. The Kier molecular flexibility index (Phi) is 4.94. The second kappa shape index (κ2) is 7.40. The Morgan fingerprint density at radius 3 is 2.21 bits per heavy atom. The van der Waals surface area contributed by atoms with Gasteiger partial charge in [0.05, 0.1) is 5.41 Å². The minimum atomic E-state index is -0.931. The smallest absolute Gasteiger partial charge is 0.326 e. The summed E-state index contributed by atoms with van der Waals surface area (Å²) in [6, 6.07) is 16.9. The zero-order valence-electron chi connectivity index (χ0n) is 16.2. The highest BCUT2D eigenvalue weighted by molar-refractivity contribution is 5.92. The lowest BCUT2D eigenvalue weighted by molar-refractivity contribution is -0.155. The lowest BCUT2D eigenvalue weighted by Gasteiger charge is -2.45. The number of nitrogens with zero attached hydrogens (tertiary/aromatic N) is 2. The molecule has 2 aliphatic rings. The van der Waals surface area contributed by atoms with E-state index in [0.29, 0.717) is 25.8 Å². The Morgan fingerprint density at radius 2 is 1.57 bits per heavy atom. The topological polar surface area (TPSA) is 60.9 Å². The molecule has 0 aliphatic carbocycles. The average Bonchev–Trinajstić information content (AvgIpc) is 2.73. The quantitative estimate of drug-likeness (QED) is 0.892. The van der Waals surface area contributed by atoms with Crippen LogP contribution in [0.2, 0.25) is 0 Å². The Morgan fingerprint density at radius 1 is 0.964 bits per heavy atom. The number of piperidine rings is 1. The van der Waals surface area contributed by atoms with E-state index in [2.05, 4.69) is 11.9 Å². The van der Waals surface area contributed by atoms with Crippen LogP contribution in [0.15, 0.2) is 54.6 Å². The molecule has 0 radical (unpaired) electrons. The maximum absolute atomic E-state index is 14.0. The van der Waals surface area contributed by atoms with Gasteiger partial charge < -0.3 is 14.9 Å². The van der Waals surface area contributed by atoms with E-state index in [1.54, 1.807) is 4.90 Å². The monoisotopic (exact) mass is 378 g/mol. The first-order chi connectivity index (χ1) is 13.5. The van der Waals surface area contributed by atoms with Crippen LogP contribution in [0.25, 0.3) is 0 Å². The molecule has 1 saturated heterocycles. The van der Waals surface area contributed by atoms with Gasteiger partial charge in [0, 0.05) is 13.0 Å². The van der Waals surface area contributed by atoms with Crippen molar-refractivity contribution in [3.63, 3.8) is 0 Å². The van der Waals surface area contributed by atoms with Crippen LogP contribution in [0.1, 0.15) is 29.5 Å². The van der Waals surface area contributed by atoms with Crippen molar-refractivity contribution < 1.29 is 14.7 Å². The molecule has 2 aromatic rings. The number of benzene rings is 2. The van der Waals surface area contributed by atoms with E-state index in [0.717, 1.165) is 29.8 Å². The highest BCUT2D eigenvalue weighted by Gasteiger charge is 2.48. The van der Waals surface area contributed by atoms with Crippen LogP contribution in [-0.2, 0) is 28.0 Å². The van der Waals surface area contributed by atoms with Crippen molar-refractivity contribution in [2.45, 2.75) is 37.3 Å². The molecule has 0 bridgehead atoms. The Hall–Kier alpha value is -2.66. The fourth-order valence-corrected chi connectivity index (χ4v) is 4.62.